The molecule has 0 aromatic heterocycles. The van der Waals surface area contributed by atoms with E-state index in [1.165, 1.54) is 12.8 Å². The molecule has 0 aliphatic carbocycles. The Morgan fingerprint density at radius 3 is 2.86 bits per heavy atom. The van der Waals surface area contributed by atoms with Crippen LogP contribution in [0.3, 0.4) is 0 Å². The molecular formula is C5H9BrO. The van der Waals surface area contributed by atoms with Gasteiger partial charge in [-0.1, -0.05) is 15.9 Å². The Labute approximate surface area is 52.2 Å². The van der Waals surface area contributed by atoms with Crippen molar-refractivity contribution in [3.8, 4) is 0 Å². The van der Waals surface area contributed by atoms with Gasteiger partial charge in [-0.15, -0.1) is 0 Å². The third kappa shape index (κ3) is 1.42. The molecule has 1 aliphatic rings. The lowest BCUT2D eigenvalue weighted by Gasteiger charge is -2.00. The van der Waals surface area contributed by atoms with Gasteiger partial charge in [0, 0.05) is 11.9 Å². The van der Waals surface area contributed by atoms with Crippen molar-refractivity contribution in [1.29, 1.82) is 0 Å². The smallest absolute Gasteiger partial charge is 0.0672 e. The second kappa shape index (κ2) is 2.68. The van der Waals surface area contributed by atoms with E-state index < -0.39 is 0 Å². The maximum atomic E-state index is 5.26. The first-order valence-corrected chi connectivity index (χ1v) is 3.73. The number of hydrogen-bond acceptors (Lipinski definition) is 1. The van der Waals surface area contributed by atoms with E-state index in [9.17, 15) is 0 Å². The van der Waals surface area contributed by atoms with Crippen LogP contribution in [-0.4, -0.2) is 18.0 Å². The van der Waals surface area contributed by atoms with Gasteiger partial charge in [-0.05, 0) is 12.8 Å². The number of hydrogen-bond donors (Lipinski definition) is 0. The third-order valence-electron chi connectivity index (χ3n) is 1.20. The number of rotatable bonds is 1. The molecule has 0 aromatic carbocycles. The second-order valence-corrected chi connectivity index (χ2v) is 2.44. The van der Waals surface area contributed by atoms with Crippen molar-refractivity contribution in [2.24, 2.45) is 0 Å². The summed E-state index contributed by atoms with van der Waals surface area (Å²) >= 11 is 3.35. The van der Waals surface area contributed by atoms with Gasteiger partial charge in [0.25, 0.3) is 0 Å². The fourth-order valence-corrected chi connectivity index (χ4v) is 1.28. The maximum Gasteiger partial charge on any atom is 0.0672 e. The first-order valence-electron chi connectivity index (χ1n) is 2.61. The Bertz CT molecular complexity index is 50.0. The van der Waals surface area contributed by atoms with E-state index in [4.69, 9.17) is 4.74 Å². The van der Waals surface area contributed by atoms with Gasteiger partial charge in [0.2, 0.25) is 0 Å². The van der Waals surface area contributed by atoms with E-state index in [1.54, 1.807) is 0 Å². The molecule has 1 atom stereocenters. The zero-order valence-electron chi connectivity index (χ0n) is 4.19. The zero-order chi connectivity index (χ0) is 5.11. The molecule has 0 spiro atoms. The van der Waals surface area contributed by atoms with Crippen LogP contribution in [-0.2, 0) is 4.74 Å². The van der Waals surface area contributed by atoms with Crippen molar-refractivity contribution in [2.75, 3.05) is 11.9 Å². The highest BCUT2D eigenvalue weighted by Gasteiger charge is 2.12. The lowest BCUT2D eigenvalue weighted by atomic mass is 10.3. The van der Waals surface area contributed by atoms with Crippen LogP contribution in [0, 0.1) is 0 Å². The maximum absolute atomic E-state index is 5.26. The minimum absolute atomic E-state index is 0.514. The number of halogens is 1. The molecule has 0 amide bonds. The molecule has 1 nitrogen and oxygen atoms in total. The Kier molecular flexibility index (Phi) is 2.13. The van der Waals surface area contributed by atoms with Crippen LogP contribution >= 0.6 is 15.9 Å². The normalized spacial score (nSPS) is 31.3. The highest BCUT2D eigenvalue weighted by Crippen LogP contribution is 2.12. The summed E-state index contributed by atoms with van der Waals surface area (Å²) in [5, 5.41) is 1.01. The zero-order valence-corrected chi connectivity index (χ0v) is 5.78. The van der Waals surface area contributed by atoms with Crippen molar-refractivity contribution >= 4 is 15.9 Å². The first kappa shape index (κ1) is 5.57. The third-order valence-corrected chi connectivity index (χ3v) is 1.92. The Morgan fingerprint density at radius 1 is 1.71 bits per heavy atom. The molecule has 1 aliphatic heterocycles. The molecule has 0 bridgehead atoms. The van der Waals surface area contributed by atoms with E-state index >= 15 is 0 Å². The standard InChI is InChI=1S/C5H9BrO/c6-4-5-2-1-3-7-5/h5H,1-4H2/t5-/m0/s1. The monoisotopic (exact) mass is 164 g/mol. The lowest BCUT2D eigenvalue weighted by Crippen LogP contribution is -2.04. The van der Waals surface area contributed by atoms with E-state index in [0.717, 1.165) is 11.9 Å². The molecule has 0 N–H and O–H groups in total. The van der Waals surface area contributed by atoms with Crippen molar-refractivity contribution in [1.82, 2.24) is 0 Å². The highest BCUT2D eigenvalue weighted by molar-refractivity contribution is 9.09. The lowest BCUT2D eigenvalue weighted by molar-refractivity contribution is 0.129. The highest BCUT2D eigenvalue weighted by atomic mass is 79.9. The molecule has 0 radical (unpaired) electrons. The van der Waals surface area contributed by atoms with Crippen LogP contribution in [0.1, 0.15) is 12.8 Å². The van der Waals surface area contributed by atoms with Crippen molar-refractivity contribution in [3.63, 3.8) is 0 Å². The summed E-state index contributed by atoms with van der Waals surface area (Å²) in [6.07, 6.45) is 3.00. The van der Waals surface area contributed by atoms with Gasteiger partial charge in [-0.3, -0.25) is 0 Å². The summed E-state index contributed by atoms with van der Waals surface area (Å²) < 4.78 is 5.26. The predicted octanol–water partition coefficient (Wildman–Crippen LogP) is 1.56. The van der Waals surface area contributed by atoms with Crippen LogP contribution < -0.4 is 0 Å². The van der Waals surface area contributed by atoms with Crippen molar-refractivity contribution in [2.45, 2.75) is 18.9 Å². The molecule has 0 saturated carbocycles. The molecule has 0 unspecified atom stereocenters. The van der Waals surface area contributed by atoms with Crippen LogP contribution in [0.15, 0.2) is 0 Å². The summed E-state index contributed by atoms with van der Waals surface area (Å²) in [7, 11) is 0. The predicted molar refractivity (Wildman–Crippen MR) is 32.8 cm³/mol. The fourth-order valence-electron chi connectivity index (χ4n) is 0.766. The van der Waals surface area contributed by atoms with Crippen LogP contribution in [0.4, 0.5) is 0 Å². The minimum atomic E-state index is 0.514. The molecule has 1 heterocycles. The quantitative estimate of drug-likeness (QED) is 0.535. The average Bonchev–Trinajstić information content (AvgIpc) is 2.14. The Morgan fingerprint density at radius 2 is 2.57 bits per heavy atom. The minimum Gasteiger partial charge on any atom is -0.377 e. The summed E-state index contributed by atoms with van der Waals surface area (Å²) in [6, 6.07) is 0. The van der Waals surface area contributed by atoms with E-state index in [-0.39, 0.29) is 0 Å². The fraction of sp³-hybridized carbons (Fsp3) is 1.00. The van der Waals surface area contributed by atoms with E-state index in [0.29, 0.717) is 6.10 Å². The number of ether oxygens (including phenoxy) is 1. The molecular weight excluding hydrogens is 156 g/mol. The van der Waals surface area contributed by atoms with E-state index in [1.807, 2.05) is 0 Å². The molecule has 42 valence electrons. The van der Waals surface area contributed by atoms with Crippen LogP contribution in [0.5, 0.6) is 0 Å². The Hall–Kier alpha value is 0.440. The first-order chi connectivity index (χ1) is 3.43. The SMILES string of the molecule is BrC[C@@H]1CCCO1. The molecule has 1 rings (SSSR count). The van der Waals surface area contributed by atoms with Gasteiger partial charge in [0.1, 0.15) is 0 Å². The van der Waals surface area contributed by atoms with Gasteiger partial charge < -0.3 is 4.74 Å². The summed E-state index contributed by atoms with van der Waals surface area (Å²) in [5.74, 6) is 0. The largest absolute Gasteiger partial charge is 0.377 e. The van der Waals surface area contributed by atoms with Crippen LogP contribution in [0.25, 0.3) is 0 Å². The van der Waals surface area contributed by atoms with Gasteiger partial charge >= 0.3 is 0 Å². The van der Waals surface area contributed by atoms with Gasteiger partial charge in [0.05, 0.1) is 6.10 Å². The molecule has 2 heteroatoms. The van der Waals surface area contributed by atoms with Crippen LogP contribution in [0.2, 0.25) is 0 Å². The van der Waals surface area contributed by atoms with Crippen molar-refractivity contribution in [3.05, 3.63) is 0 Å². The molecule has 7 heavy (non-hydrogen) atoms. The van der Waals surface area contributed by atoms with E-state index in [2.05, 4.69) is 15.9 Å². The molecule has 0 aromatic rings. The molecule has 1 fully saturated rings. The Balaban J connectivity index is 2.14. The number of alkyl halides is 1. The summed E-state index contributed by atoms with van der Waals surface area (Å²) in [4.78, 5) is 0. The van der Waals surface area contributed by atoms with Gasteiger partial charge in [0.15, 0.2) is 0 Å². The second-order valence-electron chi connectivity index (χ2n) is 1.79. The summed E-state index contributed by atoms with van der Waals surface area (Å²) in [5.41, 5.74) is 0. The average molecular weight is 165 g/mol. The van der Waals surface area contributed by atoms with Gasteiger partial charge in [-0.25, -0.2) is 0 Å². The summed E-state index contributed by atoms with van der Waals surface area (Å²) in [6.45, 7) is 0.969. The van der Waals surface area contributed by atoms with Gasteiger partial charge in [-0.2, -0.15) is 0 Å². The van der Waals surface area contributed by atoms with Crippen molar-refractivity contribution < 1.29 is 4.74 Å². The molecule has 1 saturated heterocycles. The topological polar surface area (TPSA) is 9.23 Å².